The van der Waals surface area contributed by atoms with Crippen LogP contribution in [0.5, 0.6) is 5.75 Å². The Kier molecular flexibility index (Phi) is 5.91. The Morgan fingerprint density at radius 3 is 2.32 bits per heavy atom. The highest BCUT2D eigenvalue weighted by Gasteiger charge is 2.50. The standard InChI is InChI=1S/C31H30O10/c1-12-18(32)8-22-30(39-12)41-29-13(2)38-20(9-21(29)40-22)15-6-7-17-25(26(15)34)28(36)16-5-4-14-10-31(3,37)11-19(33)23(14)24(16)27(17)35/h4-7,12-13,20-22,29-30,34,37H,8-11H2,1-3H3/t12-,13-,20-,21+,22-,29-,30+,31-/m1/s1. The Labute approximate surface area is 235 Å². The molecule has 3 saturated heterocycles. The predicted molar refractivity (Wildman–Crippen MR) is 140 cm³/mol. The van der Waals surface area contributed by atoms with Crippen LogP contribution in [0.3, 0.4) is 0 Å². The number of hydrogen-bond acceptors (Lipinski definition) is 10. The third-order valence-corrected chi connectivity index (χ3v) is 8.98. The van der Waals surface area contributed by atoms with Gasteiger partial charge in [-0.15, -0.1) is 0 Å². The van der Waals surface area contributed by atoms with Crippen molar-refractivity contribution in [3.8, 4) is 5.75 Å². The first-order chi connectivity index (χ1) is 19.4. The highest BCUT2D eigenvalue weighted by Crippen LogP contribution is 2.46. The number of benzene rings is 2. The molecule has 2 aromatic rings. The first kappa shape index (κ1) is 26.6. The molecular weight excluding hydrogens is 532 g/mol. The number of ketones is 4. The molecule has 10 heteroatoms. The molecule has 7 rings (SSSR count). The van der Waals surface area contributed by atoms with Crippen LogP contribution in [0.4, 0.5) is 0 Å². The summed E-state index contributed by atoms with van der Waals surface area (Å²) in [4.78, 5) is 52.6. The van der Waals surface area contributed by atoms with E-state index in [2.05, 4.69) is 0 Å². The summed E-state index contributed by atoms with van der Waals surface area (Å²) in [5, 5.41) is 21.9. The van der Waals surface area contributed by atoms with E-state index in [1.165, 1.54) is 12.1 Å². The van der Waals surface area contributed by atoms with Crippen LogP contribution in [0.25, 0.3) is 0 Å². The van der Waals surface area contributed by atoms with Gasteiger partial charge in [0, 0.05) is 53.5 Å². The Hall–Kier alpha value is -3.28. The van der Waals surface area contributed by atoms with Crippen molar-refractivity contribution in [3.05, 3.63) is 63.2 Å². The Morgan fingerprint density at radius 2 is 1.54 bits per heavy atom. The lowest BCUT2D eigenvalue weighted by molar-refractivity contribution is -0.347. The molecule has 10 nitrogen and oxygen atoms in total. The van der Waals surface area contributed by atoms with Gasteiger partial charge in [0.15, 0.2) is 29.4 Å². The molecule has 3 heterocycles. The molecule has 0 spiro atoms. The molecule has 0 amide bonds. The van der Waals surface area contributed by atoms with E-state index in [1.807, 2.05) is 6.92 Å². The number of phenolic OH excluding ortho intramolecular Hbond substituents is 1. The minimum absolute atomic E-state index is 0.0103. The summed E-state index contributed by atoms with van der Waals surface area (Å²) in [6.07, 6.45) is -3.31. The summed E-state index contributed by atoms with van der Waals surface area (Å²) < 4.78 is 24.3. The molecule has 41 heavy (non-hydrogen) atoms. The molecule has 0 saturated carbocycles. The summed E-state index contributed by atoms with van der Waals surface area (Å²) in [6, 6.07) is 6.13. The zero-order valence-corrected chi connectivity index (χ0v) is 22.8. The molecule has 3 fully saturated rings. The molecular formula is C31H30O10. The minimum atomic E-state index is -1.23. The van der Waals surface area contributed by atoms with Crippen molar-refractivity contribution in [1.82, 2.24) is 0 Å². The maximum atomic E-state index is 13.7. The number of ether oxygens (including phenoxy) is 4. The van der Waals surface area contributed by atoms with Gasteiger partial charge in [0.05, 0.1) is 29.5 Å². The molecule has 8 atom stereocenters. The number of rotatable bonds is 1. The van der Waals surface area contributed by atoms with Crippen LogP contribution in [-0.2, 0) is 30.2 Å². The molecule has 0 bridgehead atoms. The molecule has 5 aliphatic rings. The fourth-order valence-electron chi connectivity index (χ4n) is 7.01. The van der Waals surface area contributed by atoms with Crippen molar-refractivity contribution in [2.45, 2.75) is 95.0 Å². The highest BCUT2D eigenvalue weighted by atomic mass is 16.7. The third kappa shape index (κ3) is 4.04. The number of phenols is 1. The van der Waals surface area contributed by atoms with Crippen molar-refractivity contribution in [2.75, 3.05) is 0 Å². The average molecular weight is 563 g/mol. The number of fused-ring (bicyclic) bond motifs is 6. The van der Waals surface area contributed by atoms with Crippen molar-refractivity contribution in [3.63, 3.8) is 0 Å². The SMILES string of the molecule is C[C@H]1O[C@H]2O[C@H]3[C@H](C[C@H](c4ccc5c(c4O)C(=O)c4ccc6c(c4C5=O)C(=O)C[C@](C)(O)C6)O[C@@H]3C)O[C@@H]2CC1=O. The fraction of sp³-hybridized carbons (Fsp3) is 0.484. The summed E-state index contributed by atoms with van der Waals surface area (Å²) >= 11 is 0. The maximum absolute atomic E-state index is 13.7. The fourth-order valence-corrected chi connectivity index (χ4v) is 7.01. The van der Waals surface area contributed by atoms with E-state index in [0.29, 0.717) is 11.1 Å². The largest absolute Gasteiger partial charge is 0.507 e. The van der Waals surface area contributed by atoms with Gasteiger partial charge in [0.25, 0.3) is 0 Å². The molecule has 0 unspecified atom stereocenters. The van der Waals surface area contributed by atoms with Gasteiger partial charge in [0.2, 0.25) is 0 Å². The summed E-state index contributed by atoms with van der Waals surface area (Å²) in [7, 11) is 0. The van der Waals surface area contributed by atoms with Crippen LogP contribution in [-0.4, -0.2) is 75.8 Å². The number of aliphatic hydroxyl groups is 1. The number of carbonyl (C=O) groups is 4. The number of Topliss-reactive ketones (excluding diaryl/α,β-unsaturated/α-hetero) is 2. The van der Waals surface area contributed by atoms with Crippen molar-refractivity contribution in [2.24, 2.45) is 0 Å². The lowest BCUT2D eigenvalue weighted by atomic mass is 9.73. The van der Waals surface area contributed by atoms with Crippen LogP contribution in [0.2, 0.25) is 0 Å². The second-order valence-electron chi connectivity index (χ2n) is 12.1. The lowest BCUT2D eigenvalue weighted by Gasteiger charge is -2.49. The van der Waals surface area contributed by atoms with Gasteiger partial charge >= 0.3 is 0 Å². The van der Waals surface area contributed by atoms with E-state index in [-0.39, 0.29) is 65.0 Å². The van der Waals surface area contributed by atoms with Gasteiger partial charge in [-0.1, -0.05) is 12.1 Å². The molecule has 2 aliphatic carbocycles. The van der Waals surface area contributed by atoms with E-state index in [0.717, 1.165) is 0 Å². The van der Waals surface area contributed by atoms with Gasteiger partial charge in [-0.05, 0) is 38.5 Å². The zero-order chi connectivity index (χ0) is 29.0. The second-order valence-corrected chi connectivity index (χ2v) is 12.1. The first-order valence-electron chi connectivity index (χ1n) is 13.9. The number of carbonyl (C=O) groups excluding carboxylic acids is 4. The lowest BCUT2D eigenvalue weighted by Crippen LogP contribution is -2.60. The quantitative estimate of drug-likeness (QED) is 0.454. The van der Waals surface area contributed by atoms with Crippen LogP contribution in [0.1, 0.15) is 99.5 Å². The van der Waals surface area contributed by atoms with Crippen molar-refractivity contribution < 1.29 is 48.3 Å². The monoisotopic (exact) mass is 562 g/mol. The van der Waals surface area contributed by atoms with E-state index < -0.39 is 65.9 Å². The Bertz CT molecular complexity index is 1540. The molecule has 214 valence electrons. The molecule has 0 radical (unpaired) electrons. The average Bonchev–Trinajstić information content (AvgIpc) is 2.90. The van der Waals surface area contributed by atoms with Gasteiger partial charge in [-0.2, -0.15) is 0 Å². The summed E-state index contributed by atoms with van der Waals surface area (Å²) in [5.41, 5.74) is -0.250. The minimum Gasteiger partial charge on any atom is -0.507 e. The normalized spacial score (nSPS) is 36.1. The topological polar surface area (TPSA) is 146 Å². The van der Waals surface area contributed by atoms with E-state index in [9.17, 15) is 29.4 Å². The number of hydrogen-bond donors (Lipinski definition) is 2. The predicted octanol–water partition coefficient (Wildman–Crippen LogP) is 2.75. The van der Waals surface area contributed by atoms with Crippen molar-refractivity contribution in [1.29, 1.82) is 0 Å². The van der Waals surface area contributed by atoms with Gasteiger partial charge in [-0.25, -0.2) is 0 Å². The highest BCUT2D eigenvalue weighted by molar-refractivity contribution is 6.32. The van der Waals surface area contributed by atoms with Crippen LogP contribution < -0.4 is 0 Å². The number of aromatic hydroxyl groups is 1. The summed E-state index contributed by atoms with van der Waals surface area (Å²) in [6.45, 7) is 5.07. The second kappa shape index (κ2) is 9.11. The van der Waals surface area contributed by atoms with Gasteiger partial charge in [0.1, 0.15) is 24.1 Å². The van der Waals surface area contributed by atoms with E-state index in [1.54, 1.807) is 26.0 Å². The molecule has 3 aliphatic heterocycles. The van der Waals surface area contributed by atoms with Gasteiger partial charge in [-0.3, -0.25) is 19.2 Å². The van der Waals surface area contributed by atoms with Crippen molar-refractivity contribution >= 4 is 23.1 Å². The first-order valence-corrected chi connectivity index (χ1v) is 13.9. The van der Waals surface area contributed by atoms with E-state index in [4.69, 9.17) is 18.9 Å². The Balaban J connectivity index is 1.21. The smallest absolute Gasteiger partial charge is 0.198 e. The van der Waals surface area contributed by atoms with E-state index >= 15 is 0 Å². The maximum Gasteiger partial charge on any atom is 0.198 e. The van der Waals surface area contributed by atoms with Gasteiger partial charge < -0.3 is 29.2 Å². The van der Waals surface area contributed by atoms with Crippen LogP contribution in [0.15, 0.2) is 24.3 Å². The van der Waals surface area contributed by atoms with Crippen LogP contribution >= 0.6 is 0 Å². The summed E-state index contributed by atoms with van der Waals surface area (Å²) in [5.74, 6) is -1.89. The molecule has 0 aromatic heterocycles. The Morgan fingerprint density at radius 1 is 0.829 bits per heavy atom. The van der Waals surface area contributed by atoms with Crippen LogP contribution in [0, 0.1) is 0 Å². The zero-order valence-electron chi connectivity index (χ0n) is 22.8. The molecule has 2 N–H and O–H groups in total. The molecule has 2 aromatic carbocycles. The third-order valence-electron chi connectivity index (χ3n) is 8.98.